The third-order valence-corrected chi connectivity index (χ3v) is 2.59. The van der Waals surface area contributed by atoms with E-state index in [4.69, 9.17) is 9.47 Å². The number of hydrogen-bond acceptors (Lipinski definition) is 5. The third-order valence-electron chi connectivity index (χ3n) is 2.59. The molecule has 0 saturated carbocycles. The Morgan fingerprint density at radius 3 is 2.86 bits per heavy atom. The number of urea groups is 1. The molecule has 3 N–H and O–H groups in total. The number of rotatable bonds is 8. The number of amides is 2. The summed E-state index contributed by atoms with van der Waals surface area (Å²) in [6.07, 6.45) is 2.08. The highest BCUT2D eigenvalue weighted by molar-refractivity contribution is 5.90. The molecule has 0 aliphatic carbocycles. The molecule has 1 rings (SSSR count). The Morgan fingerprint density at radius 1 is 1.48 bits per heavy atom. The Labute approximate surface area is 124 Å². The number of aromatic nitrogens is 1. The lowest BCUT2D eigenvalue weighted by molar-refractivity contribution is 0.161. The first-order valence-electron chi connectivity index (χ1n) is 6.85. The molecule has 0 fully saturated rings. The Bertz CT molecular complexity index is 440. The number of carbonyl (C=O) groups excluding carboxylic acids is 1. The molecule has 0 saturated heterocycles. The van der Waals surface area contributed by atoms with Gasteiger partial charge in [0, 0.05) is 19.9 Å². The Hall–Kier alpha value is -1.86. The molecule has 7 nitrogen and oxygen atoms in total. The highest BCUT2D eigenvalue weighted by Crippen LogP contribution is 2.21. The van der Waals surface area contributed by atoms with Crippen molar-refractivity contribution in [1.29, 1.82) is 0 Å². The number of pyridine rings is 1. The number of nitrogens with one attached hydrogen (secondary N) is 2. The largest absolute Gasteiger partial charge is 0.473 e. The summed E-state index contributed by atoms with van der Waals surface area (Å²) in [7, 11) is 1.57. The van der Waals surface area contributed by atoms with Crippen LogP contribution in [0.1, 0.15) is 20.3 Å². The number of ether oxygens (including phenoxy) is 2. The van der Waals surface area contributed by atoms with E-state index in [9.17, 15) is 9.90 Å². The van der Waals surface area contributed by atoms with Gasteiger partial charge in [-0.15, -0.1) is 0 Å². The molecule has 118 valence electrons. The van der Waals surface area contributed by atoms with Crippen molar-refractivity contribution in [3.8, 4) is 5.88 Å². The highest BCUT2D eigenvalue weighted by atomic mass is 16.5. The monoisotopic (exact) mass is 297 g/mol. The second-order valence-corrected chi connectivity index (χ2v) is 4.78. The predicted molar refractivity (Wildman–Crippen MR) is 79.5 cm³/mol. The zero-order chi connectivity index (χ0) is 15.7. The minimum atomic E-state index is -0.424. The Balaban J connectivity index is 2.61. The number of aliphatic hydroxyl groups excluding tert-OH is 1. The average molecular weight is 297 g/mol. The van der Waals surface area contributed by atoms with Gasteiger partial charge >= 0.3 is 6.03 Å². The van der Waals surface area contributed by atoms with Gasteiger partial charge in [0.25, 0.3) is 0 Å². The second kappa shape index (κ2) is 9.15. The van der Waals surface area contributed by atoms with E-state index >= 15 is 0 Å². The fourth-order valence-corrected chi connectivity index (χ4v) is 1.62. The fourth-order valence-electron chi connectivity index (χ4n) is 1.62. The zero-order valence-corrected chi connectivity index (χ0v) is 12.6. The molecule has 1 atom stereocenters. The molecule has 1 aromatic heterocycles. The van der Waals surface area contributed by atoms with Crippen LogP contribution in [-0.4, -0.2) is 48.6 Å². The summed E-state index contributed by atoms with van der Waals surface area (Å²) in [5.41, 5.74) is 0.479. The quantitative estimate of drug-likeness (QED) is 0.674. The molecule has 2 amide bonds. The maximum Gasteiger partial charge on any atom is 0.319 e. The lowest BCUT2D eigenvalue weighted by atomic mass is 10.2. The van der Waals surface area contributed by atoms with Gasteiger partial charge in [0.05, 0.1) is 18.8 Å². The van der Waals surface area contributed by atoms with Gasteiger partial charge in [-0.2, -0.15) is 0 Å². The first kappa shape index (κ1) is 17.2. The maximum atomic E-state index is 11.9. The molecule has 1 heterocycles. The first-order chi connectivity index (χ1) is 10.1. The number of methoxy groups -OCH3 is 1. The summed E-state index contributed by atoms with van der Waals surface area (Å²) in [4.78, 5) is 16.0. The van der Waals surface area contributed by atoms with E-state index in [1.54, 1.807) is 25.4 Å². The molecule has 0 bridgehead atoms. The van der Waals surface area contributed by atoms with Crippen LogP contribution >= 0.6 is 0 Å². The van der Waals surface area contributed by atoms with Crippen LogP contribution < -0.4 is 15.4 Å². The van der Waals surface area contributed by atoms with Crippen LogP contribution in [0.2, 0.25) is 0 Å². The minimum absolute atomic E-state index is 0.0459. The summed E-state index contributed by atoms with van der Waals surface area (Å²) in [5.74, 6) is 0.361. The van der Waals surface area contributed by atoms with Gasteiger partial charge in [0.2, 0.25) is 5.88 Å². The van der Waals surface area contributed by atoms with E-state index in [1.165, 1.54) is 0 Å². The molecular formula is C14H23N3O4. The van der Waals surface area contributed by atoms with Crippen LogP contribution in [0, 0.1) is 0 Å². The summed E-state index contributed by atoms with van der Waals surface area (Å²) in [6.45, 7) is 4.06. The van der Waals surface area contributed by atoms with Gasteiger partial charge in [-0.25, -0.2) is 9.78 Å². The Morgan fingerprint density at radius 2 is 2.24 bits per heavy atom. The van der Waals surface area contributed by atoms with Crippen LogP contribution in [0.25, 0.3) is 0 Å². The fraction of sp³-hybridized carbons (Fsp3) is 0.571. The third kappa shape index (κ3) is 6.42. The Kier molecular flexibility index (Phi) is 7.49. The van der Waals surface area contributed by atoms with Crippen molar-refractivity contribution in [2.45, 2.75) is 32.4 Å². The molecule has 1 unspecified atom stereocenters. The molecule has 1 aromatic rings. The molecule has 0 aromatic carbocycles. The van der Waals surface area contributed by atoms with Crippen molar-refractivity contribution in [3.63, 3.8) is 0 Å². The standard InChI is InChI=1S/C14H23N3O4/c1-10(2)21-13-12(5-4-7-15-13)17-14(19)16-11(9-18)6-8-20-3/h4-5,7,10-11,18H,6,8-9H2,1-3H3,(H2,16,17,19). The molecule has 0 radical (unpaired) electrons. The average Bonchev–Trinajstić information content (AvgIpc) is 2.45. The van der Waals surface area contributed by atoms with Gasteiger partial charge < -0.3 is 25.2 Å². The van der Waals surface area contributed by atoms with Crippen LogP contribution in [0.15, 0.2) is 18.3 Å². The van der Waals surface area contributed by atoms with E-state index in [1.807, 2.05) is 13.8 Å². The molecule has 21 heavy (non-hydrogen) atoms. The molecular weight excluding hydrogens is 274 g/mol. The number of anilines is 1. The van der Waals surface area contributed by atoms with E-state index in [2.05, 4.69) is 15.6 Å². The normalized spacial score (nSPS) is 12.0. The summed E-state index contributed by atoms with van der Waals surface area (Å²) in [5, 5.41) is 14.5. The number of carbonyl (C=O) groups is 1. The van der Waals surface area contributed by atoms with Crippen molar-refractivity contribution in [3.05, 3.63) is 18.3 Å². The molecule has 0 aliphatic rings. The van der Waals surface area contributed by atoms with Gasteiger partial charge in [-0.05, 0) is 32.4 Å². The smallest absolute Gasteiger partial charge is 0.319 e. The summed E-state index contributed by atoms with van der Waals surface area (Å²) in [6, 6.07) is 2.62. The van der Waals surface area contributed by atoms with Gasteiger partial charge in [0.15, 0.2) is 0 Å². The van der Waals surface area contributed by atoms with Gasteiger partial charge in [-0.3, -0.25) is 0 Å². The van der Waals surface area contributed by atoms with Crippen LogP contribution in [0.3, 0.4) is 0 Å². The molecule has 7 heteroatoms. The minimum Gasteiger partial charge on any atom is -0.473 e. The van der Waals surface area contributed by atoms with Crippen LogP contribution in [0.4, 0.5) is 10.5 Å². The maximum absolute atomic E-state index is 11.9. The van der Waals surface area contributed by atoms with Crippen molar-refractivity contribution in [1.82, 2.24) is 10.3 Å². The number of hydrogen-bond donors (Lipinski definition) is 3. The van der Waals surface area contributed by atoms with Crippen LogP contribution in [-0.2, 0) is 4.74 Å². The van der Waals surface area contributed by atoms with Crippen molar-refractivity contribution in [2.75, 3.05) is 25.6 Å². The van der Waals surface area contributed by atoms with Gasteiger partial charge in [-0.1, -0.05) is 0 Å². The van der Waals surface area contributed by atoms with E-state index in [0.717, 1.165) is 0 Å². The SMILES string of the molecule is COCCC(CO)NC(=O)Nc1cccnc1OC(C)C. The first-order valence-corrected chi connectivity index (χ1v) is 6.85. The van der Waals surface area contributed by atoms with Crippen molar-refractivity contribution >= 4 is 11.7 Å². The van der Waals surface area contributed by atoms with Crippen molar-refractivity contribution in [2.24, 2.45) is 0 Å². The number of nitrogens with zero attached hydrogens (tertiary/aromatic N) is 1. The summed E-state index contributed by atoms with van der Waals surface area (Å²) < 4.78 is 10.4. The van der Waals surface area contributed by atoms with Crippen LogP contribution in [0.5, 0.6) is 5.88 Å². The van der Waals surface area contributed by atoms with Crippen molar-refractivity contribution < 1.29 is 19.4 Å². The number of aliphatic hydroxyl groups is 1. The topological polar surface area (TPSA) is 92.7 Å². The zero-order valence-electron chi connectivity index (χ0n) is 12.6. The second-order valence-electron chi connectivity index (χ2n) is 4.78. The lowest BCUT2D eigenvalue weighted by Gasteiger charge is -2.17. The van der Waals surface area contributed by atoms with E-state index < -0.39 is 6.03 Å². The summed E-state index contributed by atoms with van der Waals surface area (Å²) >= 11 is 0. The predicted octanol–water partition coefficient (Wildman–Crippen LogP) is 1.39. The van der Waals surface area contributed by atoms with E-state index in [0.29, 0.717) is 24.6 Å². The van der Waals surface area contributed by atoms with E-state index in [-0.39, 0.29) is 18.8 Å². The highest BCUT2D eigenvalue weighted by Gasteiger charge is 2.14. The molecule has 0 spiro atoms. The molecule has 0 aliphatic heterocycles. The van der Waals surface area contributed by atoms with Gasteiger partial charge in [0.1, 0.15) is 5.69 Å². The lowest BCUT2D eigenvalue weighted by Crippen LogP contribution is -2.41.